The van der Waals surface area contributed by atoms with Crippen LogP contribution in [0.25, 0.3) is 0 Å². The summed E-state index contributed by atoms with van der Waals surface area (Å²) in [6.45, 7) is 2.03. The van der Waals surface area contributed by atoms with E-state index in [1.165, 1.54) is 5.56 Å². The Balaban J connectivity index is 2.33. The predicted molar refractivity (Wildman–Crippen MR) is 62.3 cm³/mol. The molecule has 2 aromatic rings. The standard InChI is InChI=1S/C12H13ClN2/c1-10-8-14-15(9-10)12(7-13)11-5-3-2-4-6-11/h2-6,8-9,12H,7H2,1H3. The second-order valence-electron chi connectivity index (χ2n) is 3.58. The Hall–Kier alpha value is -1.28. The second kappa shape index (κ2) is 4.49. The molecule has 0 amide bonds. The fourth-order valence-corrected chi connectivity index (χ4v) is 1.91. The third-order valence-corrected chi connectivity index (χ3v) is 2.67. The molecule has 0 fully saturated rings. The summed E-state index contributed by atoms with van der Waals surface area (Å²) in [7, 11) is 0. The number of benzene rings is 1. The average Bonchev–Trinajstić information content (AvgIpc) is 2.68. The number of rotatable bonds is 3. The number of hydrogen-bond acceptors (Lipinski definition) is 1. The molecule has 0 spiro atoms. The van der Waals surface area contributed by atoms with Crippen LogP contribution in [0.5, 0.6) is 0 Å². The largest absolute Gasteiger partial charge is 0.264 e. The maximum Gasteiger partial charge on any atom is 0.0903 e. The summed E-state index contributed by atoms with van der Waals surface area (Å²) in [5, 5.41) is 4.30. The summed E-state index contributed by atoms with van der Waals surface area (Å²) in [6, 6.07) is 10.3. The molecule has 0 bridgehead atoms. The first-order valence-corrected chi connectivity index (χ1v) is 5.46. The van der Waals surface area contributed by atoms with Gasteiger partial charge >= 0.3 is 0 Å². The first-order valence-electron chi connectivity index (χ1n) is 4.93. The van der Waals surface area contributed by atoms with Crippen molar-refractivity contribution < 1.29 is 0 Å². The van der Waals surface area contributed by atoms with Crippen LogP contribution in [0.2, 0.25) is 0 Å². The van der Waals surface area contributed by atoms with E-state index < -0.39 is 0 Å². The minimum absolute atomic E-state index is 0.126. The Labute approximate surface area is 94.5 Å². The van der Waals surface area contributed by atoms with Crippen LogP contribution in [-0.2, 0) is 0 Å². The van der Waals surface area contributed by atoms with Crippen LogP contribution >= 0.6 is 11.6 Å². The minimum Gasteiger partial charge on any atom is -0.264 e. The van der Waals surface area contributed by atoms with E-state index in [0.717, 1.165) is 5.56 Å². The highest BCUT2D eigenvalue weighted by molar-refractivity contribution is 6.18. The smallest absolute Gasteiger partial charge is 0.0903 e. The number of aromatic nitrogens is 2. The van der Waals surface area contributed by atoms with Crippen LogP contribution in [0.1, 0.15) is 17.2 Å². The molecule has 15 heavy (non-hydrogen) atoms. The van der Waals surface area contributed by atoms with Crippen molar-refractivity contribution in [1.29, 1.82) is 0 Å². The lowest BCUT2D eigenvalue weighted by atomic mass is 10.1. The summed E-state index contributed by atoms with van der Waals surface area (Å²) >= 11 is 5.99. The van der Waals surface area contributed by atoms with Gasteiger partial charge in [-0.25, -0.2) is 0 Å². The summed E-state index contributed by atoms with van der Waals surface area (Å²) in [5.74, 6) is 0.533. The molecule has 1 aromatic heterocycles. The zero-order valence-electron chi connectivity index (χ0n) is 8.60. The van der Waals surface area contributed by atoms with Crippen molar-refractivity contribution in [1.82, 2.24) is 9.78 Å². The van der Waals surface area contributed by atoms with Gasteiger partial charge in [-0.2, -0.15) is 5.10 Å². The lowest BCUT2D eigenvalue weighted by Gasteiger charge is -2.14. The van der Waals surface area contributed by atoms with Crippen molar-refractivity contribution in [3.05, 3.63) is 53.9 Å². The molecule has 0 N–H and O–H groups in total. The fourth-order valence-electron chi connectivity index (χ4n) is 1.59. The number of alkyl halides is 1. The lowest BCUT2D eigenvalue weighted by molar-refractivity contribution is 0.569. The lowest BCUT2D eigenvalue weighted by Crippen LogP contribution is -2.12. The van der Waals surface area contributed by atoms with E-state index in [4.69, 9.17) is 11.6 Å². The third kappa shape index (κ3) is 2.21. The first-order chi connectivity index (χ1) is 7.31. The Kier molecular flexibility index (Phi) is 3.07. The Morgan fingerprint density at radius 1 is 1.33 bits per heavy atom. The molecule has 1 atom stereocenters. The SMILES string of the molecule is Cc1cnn(C(CCl)c2ccccc2)c1. The highest BCUT2D eigenvalue weighted by atomic mass is 35.5. The molecule has 0 radical (unpaired) electrons. The van der Waals surface area contributed by atoms with E-state index in [0.29, 0.717) is 5.88 Å². The molecule has 0 saturated carbocycles. The van der Waals surface area contributed by atoms with E-state index >= 15 is 0 Å². The first kappa shape index (κ1) is 10.2. The van der Waals surface area contributed by atoms with Crippen molar-refractivity contribution in [3.8, 4) is 0 Å². The van der Waals surface area contributed by atoms with Gasteiger partial charge in [0.25, 0.3) is 0 Å². The Morgan fingerprint density at radius 3 is 2.60 bits per heavy atom. The molecule has 1 aromatic carbocycles. The van der Waals surface area contributed by atoms with E-state index in [9.17, 15) is 0 Å². The summed E-state index contributed by atoms with van der Waals surface area (Å²) < 4.78 is 1.91. The molecule has 0 saturated heterocycles. The van der Waals surface area contributed by atoms with Gasteiger partial charge in [0.05, 0.1) is 12.2 Å². The van der Waals surface area contributed by atoms with Crippen LogP contribution in [0.3, 0.4) is 0 Å². The molecule has 0 aliphatic rings. The molecule has 1 unspecified atom stereocenters. The Morgan fingerprint density at radius 2 is 2.07 bits per heavy atom. The molecule has 1 heterocycles. The highest BCUT2D eigenvalue weighted by Crippen LogP contribution is 2.19. The van der Waals surface area contributed by atoms with Gasteiger partial charge in [0.1, 0.15) is 0 Å². The van der Waals surface area contributed by atoms with Crippen LogP contribution in [0, 0.1) is 6.92 Å². The van der Waals surface area contributed by atoms with Crippen molar-refractivity contribution in [3.63, 3.8) is 0 Å². The van der Waals surface area contributed by atoms with Gasteiger partial charge < -0.3 is 0 Å². The highest BCUT2D eigenvalue weighted by Gasteiger charge is 2.12. The van der Waals surface area contributed by atoms with Crippen LogP contribution in [0.4, 0.5) is 0 Å². The second-order valence-corrected chi connectivity index (χ2v) is 3.89. The number of hydrogen-bond donors (Lipinski definition) is 0. The quantitative estimate of drug-likeness (QED) is 0.728. The normalized spacial score (nSPS) is 12.7. The topological polar surface area (TPSA) is 17.8 Å². The van der Waals surface area contributed by atoms with E-state index in [2.05, 4.69) is 17.2 Å². The molecule has 78 valence electrons. The van der Waals surface area contributed by atoms with Crippen LogP contribution < -0.4 is 0 Å². The summed E-state index contributed by atoms with van der Waals surface area (Å²) in [5.41, 5.74) is 2.34. The van der Waals surface area contributed by atoms with E-state index in [-0.39, 0.29) is 6.04 Å². The molecule has 0 aliphatic heterocycles. The van der Waals surface area contributed by atoms with Crippen molar-refractivity contribution >= 4 is 11.6 Å². The number of halogens is 1. The van der Waals surface area contributed by atoms with Gasteiger partial charge in [0.15, 0.2) is 0 Å². The van der Waals surface area contributed by atoms with E-state index in [1.807, 2.05) is 42.2 Å². The summed E-state index contributed by atoms with van der Waals surface area (Å²) in [4.78, 5) is 0. The Bertz CT molecular complexity index is 422. The monoisotopic (exact) mass is 220 g/mol. The minimum atomic E-state index is 0.126. The van der Waals surface area contributed by atoms with Crippen molar-refractivity contribution in [2.24, 2.45) is 0 Å². The number of aryl methyl sites for hydroxylation is 1. The molecular weight excluding hydrogens is 208 g/mol. The zero-order chi connectivity index (χ0) is 10.7. The van der Waals surface area contributed by atoms with E-state index in [1.54, 1.807) is 0 Å². The summed E-state index contributed by atoms with van der Waals surface area (Å²) in [6.07, 6.45) is 3.86. The van der Waals surface area contributed by atoms with Crippen molar-refractivity contribution in [2.75, 3.05) is 5.88 Å². The van der Waals surface area contributed by atoms with Gasteiger partial charge in [-0.3, -0.25) is 4.68 Å². The van der Waals surface area contributed by atoms with Crippen LogP contribution in [-0.4, -0.2) is 15.7 Å². The van der Waals surface area contributed by atoms with Crippen LogP contribution in [0.15, 0.2) is 42.7 Å². The maximum atomic E-state index is 5.99. The fraction of sp³-hybridized carbons (Fsp3) is 0.250. The third-order valence-electron chi connectivity index (χ3n) is 2.38. The average molecular weight is 221 g/mol. The van der Waals surface area contributed by atoms with Gasteiger partial charge in [-0.15, -0.1) is 11.6 Å². The van der Waals surface area contributed by atoms with Gasteiger partial charge in [0, 0.05) is 12.1 Å². The molecule has 2 rings (SSSR count). The number of nitrogens with zero attached hydrogens (tertiary/aromatic N) is 2. The van der Waals surface area contributed by atoms with Gasteiger partial charge in [0.2, 0.25) is 0 Å². The molecule has 0 aliphatic carbocycles. The van der Waals surface area contributed by atoms with Crippen molar-refractivity contribution in [2.45, 2.75) is 13.0 Å². The predicted octanol–water partition coefficient (Wildman–Crippen LogP) is 3.02. The molecule has 2 nitrogen and oxygen atoms in total. The zero-order valence-corrected chi connectivity index (χ0v) is 9.35. The van der Waals surface area contributed by atoms with Gasteiger partial charge in [-0.05, 0) is 18.1 Å². The molecular formula is C12H13ClN2. The molecule has 3 heteroatoms. The van der Waals surface area contributed by atoms with Gasteiger partial charge in [-0.1, -0.05) is 30.3 Å². The maximum absolute atomic E-state index is 5.99.